The number of rotatable bonds is 43. The summed E-state index contributed by atoms with van der Waals surface area (Å²) in [7, 11) is 0. The molecule has 0 aliphatic carbocycles. The summed E-state index contributed by atoms with van der Waals surface area (Å²) in [6.07, 6.45) is 9.53. The molecule has 0 aromatic carbocycles. The topological polar surface area (TPSA) is 333 Å². The molecule has 0 saturated carbocycles. The molecule has 0 radical (unpaired) electrons. The van der Waals surface area contributed by atoms with Crippen LogP contribution in [0.15, 0.2) is 12.2 Å². The van der Waals surface area contributed by atoms with E-state index in [0.29, 0.717) is 6.42 Å². The van der Waals surface area contributed by atoms with Gasteiger partial charge in [-0.05, 0) is 33.1 Å². The van der Waals surface area contributed by atoms with Crippen LogP contribution in [0, 0.1) is 0 Å². The Labute approximate surface area is 476 Å². The maximum atomic E-state index is 13.3. The van der Waals surface area contributed by atoms with E-state index in [4.69, 9.17) is 28.4 Å². The first-order chi connectivity index (χ1) is 38.3. The summed E-state index contributed by atoms with van der Waals surface area (Å²) in [5, 5.41) is 115. The summed E-state index contributed by atoms with van der Waals surface area (Å²) >= 11 is 0. The summed E-state index contributed by atoms with van der Waals surface area (Å²) in [5.74, 6) is -5.83. The fraction of sp³-hybridized carbons (Fsp3) is 0.915. The lowest BCUT2D eigenvalue weighted by Gasteiger charge is -2.50. The molecule has 12 N–H and O–H groups in total. The molecule has 468 valence electrons. The number of unbranched alkanes of at least 4 members (excludes halogenated alkanes) is 25. The van der Waals surface area contributed by atoms with E-state index in [-0.39, 0.29) is 18.9 Å². The van der Waals surface area contributed by atoms with Crippen LogP contribution < -0.4 is 10.6 Å². The van der Waals surface area contributed by atoms with Gasteiger partial charge in [-0.3, -0.25) is 9.59 Å². The van der Waals surface area contributed by atoms with Crippen molar-refractivity contribution in [2.45, 2.75) is 331 Å². The lowest BCUT2D eigenvalue weighted by atomic mass is 9.88. The summed E-state index contributed by atoms with van der Waals surface area (Å²) in [6.45, 7) is 7.04. The van der Waals surface area contributed by atoms with Gasteiger partial charge in [0.05, 0.1) is 49.7 Å². The highest BCUT2D eigenvalue weighted by Crippen LogP contribution is 2.38. The van der Waals surface area contributed by atoms with Gasteiger partial charge in [0.1, 0.15) is 54.9 Å². The number of hydrogen-bond donors (Lipinski definition) is 12. The average molecular weight is 1150 g/mol. The molecule has 80 heavy (non-hydrogen) atoms. The smallest absolute Gasteiger partial charge is 0.364 e. The zero-order valence-corrected chi connectivity index (χ0v) is 49.0. The van der Waals surface area contributed by atoms with Gasteiger partial charge in [0.25, 0.3) is 5.79 Å². The van der Waals surface area contributed by atoms with Gasteiger partial charge in [0, 0.05) is 19.8 Å². The maximum absolute atomic E-state index is 13.3. The van der Waals surface area contributed by atoms with E-state index in [2.05, 4.69) is 24.5 Å². The van der Waals surface area contributed by atoms with E-state index >= 15 is 0 Å². The molecular formula is C59H108N2O19. The Morgan fingerprint density at radius 1 is 0.650 bits per heavy atom. The number of amides is 2. The monoisotopic (exact) mass is 1150 g/mol. The standard InChI is InChI=1S/C59H108N2O19/c1-6-8-10-12-14-16-18-20-21-23-25-27-29-31-33-35-46(67)61-42(43(64)34-32-30-28-26-24-22-19-17-15-13-11-9-7-2)38-75-56-51(71)50(70)53(40(4)77-56)78-57-52(72)55(48(68)39(3)76-57)80-59(58(73)74)36-44(65)47(60-41(5)63)54(79-59)49(69)45(66)37-62/h32,34,39-40,42-45,47-57,62,64-66,68-72H,6-31,33,35-38H2,1-5H3,(H,60,63)(H,61,67)(H,73,74)/b34-32+. The van der Waals surface area contributed by atoms with Gasteiger partial charge in [-0.1, -0.05) is 180 Å². The van der Waals surface area contributed by atoms with E-state index < -0.39 is 135 Å². The van der Waals surface area contributed by atoms with E-state index in [0.717, 1.165) is 51.9 Å². The largest absolute Gasteiger partial charge is 0.477 e. The number of carboxylic acids is 1. The van der Waals surface area contributed by atoms with Gasteiger partial charge in [0.15, 0.2) is 12.6 Å². The molecule has 3 rings (SSSR count). The lowest BCUT2D eigenvalue weighted by molar-refractivity contribution is -0.382. The first kappa shape index (κ1) is 71.8. The van der Waals surface area contributed by atoms with E-state index in [1.54, 1.807) is 6.08 Å². The molecule has 3 fully saturated rings. The Balaban J connectivity index is 1.62. The van der Waals surface area contributed by atoms with E-state index in [1.807, 2.05) is 6.08 Å². The number of aliphatic carboxylic acids is 1. The number of aliphatic hydroxyl groups excluding tert-OH is 9. The zero-order valence-electron chi connectivity index (χ0n) is 49.0. The lowest BCUT2D eigenvalue weighted by Crippen LogP contribution is -2.70. The van der Waals surface area contributed by atoms with Crippen LogP contribution in [0.4, 0.5) is 0 Å². The minimum absolute atomic E-state index is 0.252. The highest BCUT2D eigenvalue weighted by atomic mass is 16.8. The third-order valence-electron chi connectivity index (χ3n) is 15.9. The van der Waals surface area contributed by atoms with E-state index in [9.17, 15) is 65.4 Å². The van der Waals surface area contributed by atoms with Gasteiger partial charge in [-0.15, -0.1) is 0 Å². The first-order valence-corrected chi connectivity index (χ1v) is 30.8. The third kappa shape index (κ3) is 25.0. The van der Waals surface area contributed by atoms with Gasteiger partial charge in [0.2, 0.25) is 11.8 Å². The van der Waals surface area contributed by atoms with Crippen molar-refractivity contribution in [2.24, 2.45) is 0 Å². The number of aliphatic hydroxyl groups is 9. The zero-order chi connectivity index (χ0) is 59.0. The predicted octanol–water partition coefficient (Wildman–Crippen LogP) is 5.22. The Morgan fingerprint density at radius 2 is 1.15 bits per heavy atom. The third-order valence-corrected chi connectivity index (χ3v) is 15.9. The van der Waals surface area contributed by atoms with Crippen LogP contribution in [0.1, 0.15) is 221 Å². The Hall–Kier alpha value is -2.45. The van der Waals surface area contributed by atoms with Crippen LogP contribution in [0.3, 0.4) is 0 Å². The molecule has 3 heterocycles. The number of carbonyl (C=O) groups excluding carboxylic acids is 2. The second-order valence-electron chi connectivity index (χ2n) is 22.9. The highest BCUT2D eigenvalue weighted by Gasteiger charge is 2.60. The molecule has 3 aliphatic heterocycles. The Morgan fingerprint density at radius 3 is 1.65 bits per heavy atom. The molecule has 0 spiro atoms. The van der Waals surface area contributed by atoms with Crippen LogP contribution in [-0.4, -0.2) is 192 Å². The van der Waals surface area contributed by atoms with Crippen molar-refractivity contribution in [3.63, 3.8) is 0 Å². The minimum Gasteiger partial charge on any atom is -0.477 e. The molecule has 18 atom stereocenters. The number of nitrogens with one attached hydrogen (secondary N) is 2. The molecule has 21 nitrogen and oxygen atoms in total. The average Bonchev–Trinajstić information content (AvgIpc) is 3.63. The van der Waals surface area contributed by atoms with Crippen LogP contribution in [0.5, 0.6) is 0 Å². The van der Waals surface area contributed by atoms with Crippen molar-refractivity contribution in [1.82, 2.24) is 10.6 Å². The molecule has 0 bridgehead atoms. The molecule has 3 aliphatic rings. The molecular weight excluding hydrogens is 1040 g/mol. The van der Waals surface area contributed by atoms with Gasteiger partial charge < -0.3 is 90.1 Å². The van der Waals surface area contributed by atoms with E-state index in [1.165, 1.54) is 136 Å². The predicted molar refractivity (Wildman–Crippen MR) is 299 cm³/mol. The van der Waals surface area contributed by atoms with Crippen LogP contribution >= 0.6 is 0 Å². The number of ether oxygens (including phenoxy) is 6. The van der Waals surface area contributed by atoms with Crippen molar-refractivity contribution < 1.29 is 93.9 Å². The summed E-state index contributed by atoms with van der Waals surface area (Å²) in [5.41, 5.74) is 0. The Kier molecular flexibility index (Phi) is 35.9. The minimum atomic E-state index is -2.95. The quantitative estimate of drug-likeness (QED) is 0.0275. The summed E-state index contributed by atoms with van der Waals surface area (Å²) < 4.78 is 35.2. The molecule has 0 aromatic heterocycles. The number of allylic oxidation sites excluding steroid dienone is 1. The molecule has 2 amide bonds. The van der Waals surface area contributed by atoms with Crippen molar-refractivity contribution in [1.29, 1.82) is 0 Å². The van der Waals surface area contributed by atoms with Crippen LogP contribution in [0.25, 0.3) is 0 Å². The second-order valence-corrected chi connectivity index (χ2v) is 22.9. The molecule has 21 heteroatoms. The first-order valence-electron chi connectivity index (χ1n) is 30.8. The molecule has 18 unspecified atom stereocenters. The van der Waals surface area contributed by atoms with Gasteiger partial charge in [-0.25, -0.2) is 4.79 Å². The Bertz CT molecular complexity index is 1700. The normalized spacial score (nSPS) is 30.7. The molecule has 3 saturated heterocycles. The van der Waals surface area contributed by atoms with Crippen LogP contribution in [-0.2, 0) is 42.8 Å². The number of carboxylic acid groups (broad SMARTS) is 1. The summed E-state index contributed by atoms with van der Waals surface area (Å²) in [4.78, 5) is 38.3. The van der Waals surface area contributed by atoms with Crippen molar-refractivity contribution >= 4 is 17.8 Å². The molecule has 0 aromatic rings. The number of carbonyl (C=O) groups is 3. The van der Waals surface area contributed by atoms with Crippen LogP contribution in [0.2, 0.25) is 0 Å². The number of hydrogen-bond acceptors (Lipinski definition) is 18. The van der Waals surface area contributed by atoms with Gasteiger partial charge >= 0.3 is 5.97 Å². The highest BCUT2D eigenvalue weighted by molar-refractivity contribution is 5.77. The van der Waals surface area contributed by atoms with Crippen molar-refractivity contribution in [3.05, 3.63) is 12.2 Å². The SMILES string of the molecule is CCCCCCCCCCCCC/C=C/C(O)C(COC1OC(C)C(OC2OC(C)C(O)C(OC3(C(=O)O)CC(O)C(NC(C)=O)C(C(O)C(O)CO)O3)C2O)C(O)C1O)NC(=O)CCCCCCCCCCCCCCCCC. The fourth-order valence-corrected chi connectivity index (χ4v) is 10.9. The second kappa shape index (κ2) is 40.0. The van der Waals surface area contributed by atoms with Gasteiger partial charge in [-0.2, -0.15) is 0 Å². The summed E-state index contributed by atoms with van der Waals surface area (Å²) in [6, 6.07) is -2.46. The maximum Gasteiger partial charge on any atom is 0.364 e. The van der Waals surface area contributed by atoms with Crippen molar-refractivity contribution in [3.8, 4) is 0 Å². The van der Waals surface area contributed by atoms with Crippen molar-refractivity contribution in [2.75, 3.05) is 13.2 Å². The fourth-order valence-electron chi connectivity index (χ4n) is 10.9.